The largest absolute Gasteiger partial charge is 0.496 e. The van der Waals surface area contributed by atoms with Gasteiger partial charge < -0.3 is 25.7 Å². The van der Waals surface area contributed by atoms with E-state index < -0.39 is 18.6 Å². The molecule has 0 saturated heterocycles. The number of pyridine rings is 1. The average molecular weight is 630 g/mol. The Kier molecular flexibility index (Phi) is 8.16. The van der Waals surface area contributed by atoms with E-state index in [2.05, 4.69) is 32.8 Å². The second-order valence-corrected chi connectivity index (χ2v) is 10.3. The van der Waals surface area contributed by atoms with Crippen LogP contribution in [0.3, 0.4) is 0 Å². The fraction of sp³-hybridized carbons (Fsp3) is 0.207. The van der Waals surface area contributed by atoms with Crippen LogP contribution in [-0.4, -0.2) is 41.2 Å². The van der Waals surface area contributed by atoms with E-state index in [9.17, 15) is 22.8 Å². The van der Waals surface area contributed by atoms with Crippen LogP contribution in [0.5, 0.6) is 5.75 Å². The Hall–Kier alpha value is -4.32. The number of hydrogen-bond acceptors (Lipinski definition) is 5. The minimum absolute atomic E-state index is 0.0525. The van der Waals surface area contributed by atoms with E-state index >= 15 is 0 Å². The summed E-state index contributed by atoms with van der Waals surface area (Å²) in [7, 11) is 3.20. The van der Waals surface area contributed by atoms with Crippen LogP contribution >= 0.6 is 15.9 Å². The topological polar surface area (TPSA) is 111 Å². The number of methoxy groups -OCH3 is 1. The molecule has 0 bridgehead atoms. The zero-order chi connectivity index (χ0) is 30.2. The van der Waals surface area contributed by atoms with Crippen molar-refractivity contribution in [2.24, 2.45) is 7.05 Å². The summed E-state index contributed by atoms with van der Waals surface area (Å²) in [5, 5.41) is 5.32. The second-order valence-electron chi connectivity index (χ2n) is 9.47. The fourth-order valence-electron chi connectivity index (χ4n) is 4.62. The Bertz CT molecular complexity index is 1710. The Balaban J connectivity index is 1.93. The number of fused-ring (bicyclic) bond motifs is 1. The first kappa shape index (κ1) is 29.7. The summed E-state index contributed by atoms with van der Waals surface area (Å²) in [6.07, 6.45) is -2.96. The molecule has 0 atom stereocenters. The molecule has 2 aromatic carbocycles. The number of nitrogens with one attached hydrogen (secondary N) is 2. The van der Waals surface area contributed by atoms with E-state index in [0.717, 1.165) is 22.3 Å². The molecule has 0 fully saturated rings. The molecule has 0 aliphatic carbocycles. The van der Waals surface area contributed by atoms with Crippen LogP contribution < -0.4 is 21.1 Å². The molecule has 0 unspecified atom stereocenters. The highest BCUT2D eigenvalue weighted by molar-refractivity contribution is 9.10. The van der Waals surface area contributed by atoms with Crippen molar-refractivity contribution in [3.63, 3.8) is 0 Å². The Morgan fingerprint density at radius 2 is 1.90 bits per heavy atom. The number of nitrogens with two attached hydrogens (primary N) is 1. The number of carbonyl (C=O) groups is 2. The summed E-state index contributed by atoms with van der Waals surface area (Å²) in [6.45, 7) is 5.72. The molecule has 0 radical (unpaired) electrons. The van der Waals surface area contributed by atoms with Crippen LogP contribution in [0.2, 0.25) is 0 Å². The van der Waals surface area contributed by atoms with Crippen molar-refractivity contribution >= 4 is 50.2 Å². The van der Waals surface area contributed by atoms with Gasteiger partial charge in [0.05, 0.1) is 33.7 Å². The van der Waals surface area contributed by atoms with E-state index in [1.165, 1.54) is 13.2 Å². The van der Waals surface area contributed by atoms with E-state index in [0.29, 0.717) is 32.2 Å². The van der Waals surface area contributed by atoms with Gasteiger partial charge in [-0.1, -0.05) is 18.7 Å². The first-order valence-electron chi connectivity index (χ1n) is 12.3. The minimum atomic E-state index is -4.56. The van der Waals surface area contributed by atoms with Gasteiger partial charge in [0.25, 0.3) is 11.8 Å². The molecule has 2 heterocycles. The number of aryl methyl sites for hydroxylation is 2. The molecule has 41 heavy (non-hydrogen) atoms. The lowest BCUT2D eigenvalue weighted by atomic mass is 9.94. The molecular formula is C29H27BrF3N5O3. The van der Waals surface area contributed by atoms with Crippen molar-refractivity contribution in [3.05, 3.63) is 70.3 Å². The molecule has 8 nitrogen and oxygen atoms in total. The maximum atomic E-state index is 12.7. The van der Waals surface area contributed by atoms with Crippen LogP contribution in [0.1, 0.15) is 22.8 Å². The summed E-state index contributed by atoms with van der Waals surface area (Å²) in [6, 6.07) is 10.1. The van der Waals surface area contributed by atoms with Gasteiger partial charge in [0.15, 0.2) is 0 Å². The lowest BCUT2D eigenvalue weighted by Crippen LogP contribution is -2.33. The van der Waals surface area contributed by atoms with Gasteiger partial charge in [-0.05, 0) is 65.2 Å². The minimum Gasteiger partial charge on any atom is -0.496 e. The molecule has 12 heteroatoms. The van der Waals surface area contributed by atoms with E-state index in [-0.39, 0.29) is 23.0 Å². The molecule has 0 aliphatic rings. The third kappa shape index (κ3) is 5.92. The fourth-order valence-corrected chi connectivity index (χ4v) is 5.18. The molecule has 214 valence electrons. The molecule has 2 amide bonds. The van der Waals surface area contributed by atoms with Crippen molar-refractivity contribution in [2.75, 3.05) is 24.7 Å². The summed E-state index contributed by atoms with van der Waals surface area (Å²) in [4.78, 5) is 29.0. The number of halogens is 4. The number of benzene rings is 2. The third-order valence-corrected chi connectivity index (χ3v) is 7.09. The van der Waals surface area contributed by atoms with Crippen LogP contribution in [0, 0.1) is 6.92 Å². The smallest absolute Gasteiger partial charge is 0.405 e. The number of alkyl halides is 3. The van der Waals surface area contributed by atoms with Crippen molar-refractivity contribution in [1.29, 1.82) is 0 Å². The number of rotatable bonds is 7. The summed E-state index contributed by atoms with van der Waals surface area (Å²) in [5.74, 6) is -0.872. The highest BCUT2D eigenvalue weighted by Gasteiger charge is 2.29. The number of ether oxygens (including phenoxy) is 1. The van der Waals surface area contributed by atoms with Gasteiger partial charge in [-0.2, -0.15) is 13.2 Å². The predicted octanol–water partition coefficient (Wildman–Crippen LogP) is 6.38. The number of aromatic nitrogens is 2. The van der Waals surface area contributed by atoms with E-state index in [1.807, 2.05) is 36.0 Å². The summed E-state index contributed by atoms with van der Waals surface area (Å²) < 4.78 is 46.1. The normalized spacial score (nSPS) is 11.4. The maximum absolute atomic E-state index is 12.7. The Labute approximate surface area is 242 Å². The van der Waals surface area contributed by atoms with Crippen LogP contribution in [0.4, 0.5) is 24.7 Å². The highest BCUT2D eigenvalue weighted by Crippen LogP contribution is 2.46. The van der Waals surface area contributed by atoms with Gasteiger partial charge in [0, 0.05) is 35.6 Å². The SMILES string of the molecule is C=C(C)C(=O)Nc1ccc(-c2c(-c3ccc(C(=O)NCC(F)(F)F)c(OC)c3)c3c(N)ncc(Br)c3n2C)c(C)c1. The van der Waals surface area contributed by atoms with Gasteiger partial charge in [0.2, 0.25) is 0 Å². The maximum Gasteiger partial charge on any atom is 0.405 e. The lowest BCUT2D eigenvalue weighted by Gasteiger charge is -2.15. The van der Waals surface area contributed by atoms with Crippen LogP contribution in [0.25, 0.3) is 33.3 Å². The van der Waals surface area contributed by atoms with Gasteiger partial charge in [-0.3, -0.25) is 9.59 Å². The van der Waals surface area contributed by atoms with Crippen molar-refractivity contribution in [2.45, 2.75) is 20.0 Å². The Morgan fingerprint density at radius 1 is 1.20 bits per heavy atom. The lowest BCUT2D eigenvalue weighted by molar-refractivity contribution is -0.123. The average Bonchev–Trinajstić information content (AvgIpc) is 3.22. The number of nitrogens with zero attached hydrogens (tertiary/aromatic N) is 2. The van der Waals surface area contributed by atoms with Gasteiger partial charge >= 0.3 is 6.18 Å². The van der Waals surface area contributed by atoms with Gasteiger partial charge in [-0.15, -0.1) is 0 Å². The molecule has 2 aromatic heterocycles. The first-order valence-corrected chi connectivity index (χ1v) is 13.1. The van der Waals surface area contributed by atoms with Crippen molar-refractivity contribution < 1.29 is 27.5 Å². The van der Waals surface area contributed by atoms with E-state index in [4.69, 9.17) is 10.5 Å². The van der Waals surface area contributed by atoms with Crippen LogP contribution in [0.15, 0.2) is 59.2 Å². The van der Waals surface area contributed by atoms with Crippen molar-refractivity contribution in [3.8, 4) is 28.1 Å². The van der Waals surface area contributed by atoms with Gasteiger partial charge in [0.1, 0.15) is 18.1 Å². The van der Waals surface area contributed by atoms with Crippen molar-refractivity contribution in [1.82, 2.24) is 14.9 Å². The van der Waals surface area contributed by atoms with Crippen LogP contribution in [-0.2, 0) is 11.8 Å². The third-order valence-electron chi connectivity index (χ3n) is 6.51. The molecule has 4 N–H and O–H groups in total. The molecule has 4 aromatic rings. The highest BCUT2D eigenvalue weighted by atomic mass is 79.9. The number of amides is 2. The predicted molar refractivity (Wildman–Crippen MR) is 157 cm³/mol. The van der Waals surface area contributed by atoms with E-state index in [1.54, 1.807) is 31.3 Å². The standard InChI is InChI=1S/C29H27BrF3N5O3/c1-14(2)27(39)37-17-7-9-18(15(3)10-17)24-22(23-25(38(24)4)20(30)12-35-26(23)34)16-6-8-19(21(11-16)41-5)28(40)36-13-29(31,32)33/h6-12H,1,13H2,2-5H3,(H2,34,35)(H,36,40)(H,37,39). The molecular weight excluding hydrogens is 603 g/mol. The molecule has 0 spiro atoms. The monoisotopic (exact) mass is 629 g/mol. The van der Waals surface area contributed by atoms with Gasteiger partial charge in [-0.25, -0.2) is 4.98 Å². The zero-order valence-corrected chi connectivity index (χ0v) is 24.3. The number of carbonyl (C=O) groups excluding carboxylic acids is 2. The molecule has 4 rings (SSSR count). The molecule has 0 saturated carbocycles. The first-order chi connectivity index (χ1) is 19.2. The Morgan fingerprint density at radius 3 is 2.51 bits per heavy atom. The second kappa shape index (κ2) is 11.3. The molecule has 0 aliphatic heterocycles. The quantitative estimate of drug-likeness (QED) is 0.206. The summed E-state index contributed by atoms with van der Waals surface area (Å²) in [5.41, 5.74) is 11.8. The number of anilines is 2. The zero-order valence-electron chi connectivity index (χ0n) is 22.7. The number of nitrogen functional groups attached to an aromatic ring is 1. The number of hydrogen-bond donors (Lipinski definition) is 3. The summed E-state index contributed by atoms with van der Waals surface area (Å²) >= 11 is 3.57.